The van der Waals surface area contributed by atoms with Gasteiger partial charge in [0.1, 0.15) is 5.75 Å². The van der Waals surface area contributed by atoms with Crippen LogP contribution in [-0.2, 0) is 0 Å². The summed E-state index contributed by atoms with van der Waals surface area (Å²) in [6, 6.07) is 13.5. The van der Waals surface area contributed by atoms with Crippen molar-refractivity contribution in [2.45, 2.75) is 25.8 Å². The monoisotopic (exact) mass is 425 g/mol. The van der Waals surface area contributed by atoms with Gasteiger partial charge in [0.2, 0.25) is 0 Å². The fourth-order valence-electron chi connectivity index (χ4n) is 3.78. The van der Waals surface area contributed by atoms with E-state index in [4.69, 9.17) is 9.26 Å². The number of ether oxygens (including phenoxy) is 1. The van der Waals surface area contributed by atoms with E-state index >= 15 is 0 Å². The maximum Gasteiger partial charge on any atom is 0.273 e. The number of benzene rings is 1. The maximum atomic E-state index is 12.7. The highest BCUT2D eigenvalue weighted by Gasteiger charge is 2.26. The molecule has 0 bridgehead atoms. The number of rotatable bonds is 7. The Hall–Kier alpha value is -2.64. The number of hydrogen-bond acceptors (Lipinski definition) is 6. The third-order valence-electron chi connectivity index (χ3n) is 5.70. The standard InChI is InChI=1S/C23H27N3O3S/c1-16-9-11-26(12-10-16)20(22-4-3-13-30-22)15-24-23(27)19-14-21(29-25-19)17-5-7-18(28-2)8-6-17/h3-8,13-14,16,20H,9-12,15H2,1-2H3,(H,24,27). The largest absolute Gasteiger partial charge is 0.497 e. The summed E-state index contributed by atoms with van der Waals surface area (Å²) >= 11 is 1.74. The number of aromatic nitrogens is 1. The Morgan fingerprint density at radius 2 is 2.07 bits per heavy atom. The van der Waals surface area contributed by atoms with Gasteiger partial charge in [0, 0.05) is 23.1 Å². The predicted octanol–water partition coefficient (Wildman–Crippen LogP) is 4.61. The van der Waals surface area contributed by atoms with Crippen LogP contribution in [0.1, 0.15) is 41.2 Å². The van der Waals surface area contributed by atoms with E-state index < -0.39 is 0 Å². The minimum absolute atomic E-state index is 0.189. The van der Waals surface area contributed by atoms with Crippen LogP contribution in [0.5, 0.6) is 5.75 Å². The molecule has 6 nitrogen and oxygen atoms in total. The van der Waals surface area contributed by atoms with Crippen molar-refractivity contribution in [3.8, 4) is 17.1 Å². The zero-order valence-corrected chi connectivity index (χ0v) is 18.2. The zero-order chi connectivity index (χ0) is 20.9. The molecule has 1 aliphatic rings. The molecule has 2 aromatic heterocycles. The molecule has 7 heteroatoms. The van der Waals surface area contributed by atoms with Gasteiger partial charge in [0.05, 0.1) is 13.2 Å². The highest BCUT2D eigenvalue weighted by molar-refractivity contribution is 7.10. The van der Waals surface area contributed by atoms with E-state index in [0.717, 1.165) is 30.3 Å². The molecule has 0 saturated carbocycles. The number of carbonyl (C=O) groups excluding carboxylic acids is 1. The quantitative estimate of drug-likeness (QED) is 0.598. The van der Waals surface area contributed by atoms with Gasteiger partial charge in [-0.1, -0.05) is 18.1 Å². The fourth-order valence-corrected chi connectivity index (χ4v) is 4.65. The van der Waals surface area contributed by atoms with Crippen LogP contribution >= 0.6 is 11.3 Å². The lowest BCUT2D eigenvalue weighted by molar-refractivity contribution is 0.0906. The summed E-state index contributed by atoms with van der Waals surface area (Å²) in [5, 5.41) is 9.12. The number of methoxy groups -OCH3 is 1. The number of piperidine rings is 1. The number of amides is 1. The van der Waals surface area contributed by atoms with E-state index in [2.05, 4.69) is 39.8 Å². The summed E-state index contributed by atoms with van der Waals surface area (Å²) in [6.45, 7) is 4.99. The van der Waals surface area contributed by atoms with E-state index in [1.165, 1.54) is 17.7 Å². The number of hydrogen-bond donors (Lipinski definition) is 1. The molecular formula is C23H27N3O3S. The van der Waals surface area contributed by atoms with Gasteiger partial charge >= 0.3 is 0 Å². The van der Waals surface area contributed by atoms with Gasteiger partial charge in [0.25, 0.3) is 5.91 Å². The number of carbonyl (C=O) groups is 1. The van der Waals surface area contributed by atoms with Crippen molar-refractivity contribution < 1.29 is 14.1 Å². The summed E-state index contributed by atoms with van der Waals surface area (Å²) < 4.78 is 10.6. The molecule has 1 aromatic carbocycles. The van der Waals surface area contributed by atoms with Crippen molar-refractivity contribution in [2.75, 3.05) is 26.7 Å². The molecule has 4 rings (SSSR count). The second-order valence-corrected chi connectivity index (χ2v) is 8.74. The smallest absolute Gasteiger partial charge is 0.273 e. The Balaban J connectivity index is 1.41. The molecular weight excluding hydrogens is 398 g/mol. The molecule has 3 aromatic rings. The van der Waals surface area contributed by atoms with Crippen molar-refractivity contribution in [1.29, 1.82) is 0 Å². The Morgan fingerprint density at radius 3 is 2.73 bits per heavy atom. The first kappa shape index (κ1) is 20.6. The molecule has 0 radical (unpaired) electrons. The second-order valence-electron chi connectivity index (χ2n) is 7.76. The van der Waals surface area contributed by atoms with Gasteiger partial charge in [0.15, 0.2) is 11.5 Å². The predicted molar refractivity (Wildman–Crippen MR) is 118 cm³/mol. The first-order valence-corrected chi connectivity index (χ1v) is 11.2. The number of nitrogens with one attached hydrogen (secondary N) is 1. The highest BCUT2D eigenvalue weighted by atomic mass is 32.1. The third kappa shape index (κ3) is 4.74. The first-order chi connectivity index (χ1) is 14.6. The molecule has 1 fully saturated rings. The van der Waals surface area contributed by atoms with Gasteiger partial charge in [-0.3, -0.25) is 9.69 Å². The van der Waals surface area contributed by atoms with Crippen LogP contribution in [0.15, 0.2) is 52.4 Å². The maximum absolute atomic E-state index is 12.7. The van der Waals surface area contributed by atoms with Crippen molar-refractivity contribution in [2.24, 2.45) is 5.92 Å². The second kappa shape index (κ2) is 9.45. The normalized spacial score (nSPS) is 16.3. The molecule has 158 valence electrons. The minimum atomic E-state index is -0.217. The van der Waals surface area contributed by atoms with E-state index in [9.17, 15) is 4.79 Å². The summed E-state index contributed by atoms with van der Waals surface area (Å²) in [6.07, 6.45) is 2.40. The molecule has 1 unspecified atom stereocenters. The number of likely N-dealkylation sites (tertiary alicyclic amines) is 1. The summed E-state index contributed by atoms with van der Waals surface area (Å²) in [7, 11) is 1.62. The Bertz CT molecular complexity index is 945. The van der Waals surface area contributed by atoms with Crippen molar-refractivity contribution >= 4 is 17.2 Å². The molecule has 30 heavy (non-hydrogen) atoms. The average molecular weight is 426 g/mol. The first-order valence-electron chi connectivity index (χ1n) is 10.3. The van der Waals surface area contributed by atoms with E-state index in [1.807, 2.05) is 24.3 Å². The molecule has 1 saturated heterocycles. The lowest BCUT2D eigenvalue weighted by Crippen LogP contribution is -2.41. The van der Waals surface area contributed by atoms with E-state index in [0.29, 0.717) is 12.3 Å². The molecule has 1 aliphatic heterocycles. The Kier molecular flexibility index (Phi) is 6.50. The molecule has 0 spiro atoms. The lowest BCUT2D eigenvalue weighted by atomic mass is 9.97. The average Bonchev–Trinajstić information content (AvgIpc) is 3.48. The Labute approximate surface area is 180 Å². The third-order valence-corrected chi connectivity index (χ3v) is 6.68. The van der Waals surface area contributed by atoms with Gasteiger partial charge < -0.3 is 14.6 Å². The molecule has 0 aliphatic carbocycles. The van der Waals surface area contributed by atoms with Gasteiger partial charge in [-0.15, -0.1) is 11.3 Å². The van der Waals surface area contributed by atoms with E-state index in [-0.39, 0.29) is 17.6 Å². The van der Waals surface area contributed by atoms with Crippen molar-refractivity contribution in [1.82, 2.24) is 15.4 Å². The molecule has 1 atom stereocenters. The van der Waals surface area contributed by atoms with Gasteiger partial charge in [-0.2, -0.15) is 0 Å². The summed E-state index contributed by atoms with van der Waals surface area (Å²) in [4.78, 5) is 16.5. The fraction of sp³-hybridized carbons (Fsp3) is 0.391. The minimum Gasteiger partial charge on any atom is -0.497 e. The molecule has 1 amide bonds. The molecule has 1 N–H and O–H groups in total. The summed E-state index contributed by atoms with van der Waals surface area (Å²) in [5.41, 5.74) is 1.14. The highest BCUT2D eigenvalue weighted by Crippen LogP contribution is 2.29. The summed E-state index contributed by atoms with van der Waals surface area (Å²) in [5.74, 6) is 1.88. The Morgan fingerprint density at radius 1 is 1.30 bits per heavy atom. The van der Waals surface area contributed by atoms with Crippen LogP contribution in [-0.4, -0.2) is 42.7 Å². The van der Waals surface area contributed by atoms with E-state index in [1.54, 1.807) is 24.5 Å². The van der Waals surface area contributed by atoms with Crippen LogP contribution in [0.3, 0.4) is 0 Å². The van der Waals surface area contributed by atoms with Crippen LogP contribution in [0.25, 0.3) is 11.3 Å². The van der Waals surface area contributed by atoms with Crippen molar-refractivity contribution in [3.05, 3.63) is 58.4 Å². The molecule has 3 heterocycles. The topological polar surface area (TPSA) is 67.6 Å². The van der Waals surface area contributed by atoms with Crippen LogP contribution < -0.4 is 10.1 Å². The number of nitrogens with zero attached hydrogens (tertiary/aromatic N) is 2. The van der Waals surface area contributed by atoms with Crippen LogP contribution in [0.2, 0.25) is 0 Å². The van der Waals surface area contributed by atoms with Crippen LogP contribution in [0.4, 0.5) is 0 Å². The lowest BCUT2D eigenvalue weighted by Gasteiger charge is -2.36. The van der Waals surface area contributed by atoms with Crippen LogP contribution in [0, 0.1) is 5.92 Å². The zero-order valence-electron chi connectivity index (χ0n) is 17.3. The van der Waals surface area contributed by atoms with Gasteiger partial charge in [-0.25, -0.2) is 0 Å². The SMILES string of the molecule is COc1ccc(-c2cc(C(=O)NCC(c3cccs3)N3CCC(C)CC3)no2)cc1. The number of thiophene rings is 1. The van der Waals surface area contributed by atoms with Gasteiger partial charge in [-0.05, 0) is 67.6 Å². The van der Waals surface area contributed by atoms with Crippen molar-refractivity contribution in [3.63, 3.8) is 0 Å².